The average molecular weight is 363 g/mol. The Balaban J connectivity index is 1.58. The van der Waals surface area contributed by atoms with Crippen LogP contribution in [-0.2, 0) is 13.1 Å². The fourth-order valence-electron chi connectivity index (χ4n) is 3.40. The molecule has 0 aromatic heterocycles. The number of aromatic hydroxyl groups is 1. The van der Waals surface area contributed by atoms with Crippen LogP contribution >= 0.6 is 11.6 Å². The van der Waals surface area contributed by atoms with Crippen LogP contribution in [0.5, 0.6) is 5.75 Å². The summed E-state index contributed by atoms with van der Waals surface area (Å²) in [4.78, 5) is 2.37. The largest absolute Gasteiger partial charge is 0.508 e. The first kappa shape index (κ1) is 18.2. The van der Waals surface area contributed by atoms with Crippen LogP contribution < -0.4 is 5.32 Å². The normalized spacial score (nSPS) is 18.4. The van der Waals surface area contributed by atoms with Gasteiger partial charge in [-0.1, -0.05) is 29.8 Å². The molecule has 1 aliphatic heterocycles. The molecule has 0 spiro atoms. The number of benzene rings is 2. The van der Waals surface area contributed by atoms with Gasteiger partial charge >= 0.3 is 0 Å². The van der Waals surface area contributed by atoms with Crippen molar-refractivity contribution >= 4 is 11.6 Å². The molecule has 5 heteroatoms. The van der Waals surface area contributed by atoms with Crippen LogP contribution in [0.3, 0.4) is 0 Å². The predicted octanol–water partition coefficient (Wildman–Crippen LogP) is 4.25. The van der Waals surface area contributed by atoms with Crippen LogP contribution in [0.1, 0.15) is 29.5 Å². The highest BCUT2D eigenvalue weighted by molar-refractivity contribution is 6.31. The van der Waals surface area contributed by atoms with E-state index in [0.29, 0.717) is 34.5 Å². The Kier molecular flexibility index (Phi) is 5.94. The Hall–Kier alpha value is -1.62. The minimum Gasteiger partial charge on any atom is -0.508 e. The number of hydrogen-bond acceptors (Lipinski definition) is 3. The topological polar surface area (TPSA) is 35.5 Å². The predicted molar refractivity (Wildman–Crippen MR) is 99.4 cm³/mol. The zero-order valence-corrected chi connectivity index (χ0v) is 15.2. The van der Waals surface area contributed by atoms with Crippen LogP contribution in [0, 0.1) is 12.7 Å². The van der Waals surface area contributed by atoms with Crippen molar-refractivity contribution in [2.24, 2.45) is 0 Å². The number of halogens is 2. The molecule has 1 saturated heterocycles. The highest BCUT2D eigenvalue weighted by atomic mass is 35.5. The highest BCUT2D eigenvalue weighted by Gasteiger charge is 2.20. The van der Waals surface area contributed by atoms with Crippen LogP contribution in [0.15, 0.2) is 36.4 Å². The molecule has 3 rings (SSSR count). The lowest BCUT2D eigenvalue weighted by Gasteiger charge is -2.33. The second-order valence-corrected chi connectivity index (χ2v) is 7.19. The Morgan fingerprint density at radius 2 is 2.16 bits per heavy atom. The first-order valence-electron chi connectivity index (χ1n) is 8.70. The molecule has 1 atom stereocenters. The molecule has 0 saturated carbocycles. The number of hydrogen-bond donors (Lipinski definition) is 2. The number of piperidine rings is 1. The standard InChI is InChI=1S/C20H24ClFN2O/c1-14-7-8-19(21)18(20(14)22)11-23-16-5-3-9-24(13-16)12-15-4-2-6-17(25)10-15/h2,4,6-8,10,16,23,25H,3,5,9,11-13H2,1H3. The van der Waals surface area contributed by atoms with E-state index in [1.165, 1.54) is 0 Å². The zero-order valence-electron chi connectivity index (χ0n) is 14.4. The molecule has 1 heterocycles. The third kappa shape index (κ3) is 4.72. The summed E-state index contributed by atoms with van der Waals surface area (Å²) in [6, 6.07) is 11.2. The Labute approximate surface area is 153 Å². The number of aryl methyl sites for hydroxylation is 1. The molecule has 0 amide bonds. The van der Waals surface area contributed by atoms with Crippen LogP contribution in [0.25, 0.3) is 0 Å². The quantitative estimate of drug-likeness (QED) is 0.834. The molecular weight excluding hydrogens is 339 g/mol. The van der Waals surface area contributed by atoms with Crippen LogP contribution in [0.4, 0.5) is 4.39 Å². The van der Waals surface area contributed by atoms with Gasteiger partial charge in [0.05, 0.1) is 0 Å². The second kappa shape index (κ2) is 8.17. The van der Waals surface area contributed by atoms with Gasteiger partial charge in [0.1, 0.15) is 11.6 Å². The molecule has 2 aromatic carbocycles. The number of likely N-dealkylation sites (tertiary alicyclic amines) is 1. The number of nitrogens with one attached hydrogen (secondary N) is 1. The molecule has 0 aliphatic carbocycles. The fraction of sp³-hybridized carbons (Fsp3) is 0.400. The Morgan fingerprint density at radius 3 is 2.96 bits per heavy atom. The van der Waals surface area contributed by atoms with Crippen molar-refractivity contribution in [3.05, 3.63) is 63.9 Å². The van der Waals surface area contributed by atoms with E-state index in [2.05, 4.69) is 10.2 Å². The average Bonchev–Trinajstić information content (AvgIpc) is 2.59. The number of nitrogens with zero attached hydrogens (tertiary/aromatic N) is 1. The summed E-state index contributed by atoms with van der Waals surface area (Å²) in [7, 11) is 0. The fourth-order valence-corrected chi connectivity index (χ4v) is 3.61. The summed E-state index contributed by atoms with van der Waals surface area (Å²) in [5.41, 5.74) is 2.27. The van der Waals surface area contributed by atoms with Crippen molar-refractivity contribution in [3.8, 4) is 5.75 Å². The lowest BCUT2D eigenvalue weighted by molar-refractivity contribution is 0.182. The van der Waals surface area contributed by atoms with E-state index >= 15 is 0 Å². The third-order valence-electron chi connectivity index (χ3n) is 4.77. The lowest BCUT2D eigenvalue weighted by Crippen LogP contribution is -2.45. The highest BCUT2D eigenvalue weighted by Crippen LogP contribution is 2.23. The molecule has 1 fully saturated rings. The van der Waals surface area contributed by atoms with Gasteiger partial charge in [-0.25, -0.2) is 4.39 Å². The monoisotopic (exact) mass is 362 g/mol. The van der Waals surface area contributed by atoms with Crippen LogP contribution in [-0.4, -0.2) is 29.1 Å². The summed E-state index contributed by atoms with van der Waals surface area (Å²) >= 11 is 6.16. The van der Waals surface area contributed by atoms with Gasteiger partial charge in [-0.3, -0.25) is 4.90 Å². The van der Waals surface area contributed by atoms with E-state index in [1.54, 1.807) is 31.2 Å². The van der Waals surface area contributed by atoms with Gasteiger partial charge in [-0.15, -0.1) is 0 Å². The summed E-state index contributed by atoms with van der Waals surface area (Å²) < 4.78 is 14.3. The van der Waals surface area contributed by atoms with Crippen molar-refractivity contribution in [2.45, 2.75) is 38.9 Å². The third-order valence-corrected chi connectivity index (χ3v) is 5.12. The maximum atomic E-state index is 14.3. The number of rotatable bonds is 5. The SMILES string of the molecule is Cc1ccc(Cl)c(CNC2CCCN(Cc3cccc(O)c3)C2)c1F. The summed E-state index contributed by atoms with van der Waals surface area (Å²) in [5.74, 6) is 0.0844. The first-order valence-corrected chi connectivity index (χ1v) is 9.08. The van der Waals surface area contributed by atoms with Gasteiger partial charge in [0.15, 0.2) is 0 Å². The van der Waals surface area contributed by atoms with Crippen molar-refractivity contribution < 1.29 is 9.50 Å². The van der Waals surface area contributed by atoms with E-state index in [1.807, 2.05) is 12.1 Å². The van der Waals surface area contributed by atoms with E-state index in [9.17, 15) is 9.50 Å². The molecule has 2 aromatic rings. The molecule has 3 nitrogen and oxygen atoms in total. The van der Waals surface area contributed by atoms with E-state index < -0.39 is 0 Å². The lowest BCUT2D eigenvalue weighted by atomic mass is 10.0. The summed E-state index contributed by atoms with van der Waals surface area (Å²) in [6.07, 6.45) is 2.17. The molecule has 134 valence electrons. The van der Waals surface area contributed by atoms with E-state index in [0.717, 1.165) is 38.0 Å². The van der Waals surface area contributed by atoms with Gasteiger partial charge in [-0.05, 0) is 55.6 Å². The maximum Gasteiger partial charge on any atom is 0.132 e. The molecule has 0 bridgehead atoms. The first-order chi connectivity index (χ1) is 12.0. The molecule has 25 heavy (non-hydrogen) atoms. The maximum absolute atomic E-state index is 14.3. The van der Waals surface area contributed by atoms with Crippen molar-refractivity contribution in [1.82, 2.24) is 10.2 Å². The molecule has 0 radical (unpaired) electrons. The summed E-state index contributed by atoms with van der Waals surface area (Å²) in [5, 5.41) is 13.5. The van der Waals surface area contributed by atoms with E-state index in [4.69, 9.17) is 11.6 Å². The minimum atomic E-state index is -0.215. The minimum absolute atomic E-state index is 0.215. The van der Waals surface area contributed by atoms with Gasteiger partial charge in [0, 0.05) is 36.3 Å². The van der Waals surface area contributed by atoms with Crippen LogP contribution in [0.2, 0.25) is 5.02 Å². The Morgan fingerprint density at radius 1 is 1.32 bits per heavy atom. The number of phenolic OH excluding ortho intramolecular Hbond substituents is 1. The Bertz CT molecular complexity index is 738. The second-order valence-electron chi connectivity index (χ2n) is 6.78. The molecular formula is C20H24ClFN2O. The van der Waals surface area contributed by atoms with Crippen molar-refractivity contribution in [2.75, 3.05) is 13.1 Å². The van der Waals surface area contributed by atoms with Crippen molar-refractivity contribution in [3.63, 3.8) is 0 Å². The molecule has 1 unspecified atom stereocenters. The van der Waals surface area contributed by atoms with E-state index in [-0.39, 0.29) is 5.82 Å². The zero-order chi connectivity index (χ0) is 17.8. The molecule has 1 aliphatic rings. The van der Waals surface area contributed by atoms with Crippen molar-refractivity contribution in [1.29, 1.82) is 0 Å². The van der Waals surface area contributed by atoms with Gasteiger partial charge in [0.2, 0.25) is 0 Å². The van der Waals surface area contributed by atoms with Gasteiger partial charge in [-0.2, -0.15) is 0 Å². The number of phenols is 1. The van der Waals surface area contributed by atoms with Gasteiger partial charge in [0.25, 0.3) is 0 Å². The summed E-state index contributed by atoms with van der Waals surface area (Å²) in [6.45, 7) is 4.95. The van der Waals surface area contributed by atoms with Gasteiger partial charge < -0.3 is 10.4 Å². The molecule has 2 N–H and O–H groups in total. The smallest absolute Gasteiger partial charge is 0.132 e.